The maximum atomic E-state index is 10.4. The summed E-state index contributed by atoms with van der Waals surface area (Å²) < 4.78 is 4.47. The van der Waals surface area contributed by atoms with Crippen LogP contribution in [0.15, 0.2) is 24.3 Å². The molecule has 0 aromatic heterocycles. The normalized spacial score (nSPS) is 10.1. The standard InChI is InChI=1S/C8H8O5/c9-7(10)5-1-3-6(4-2-5)13-8(11)12/h1-4,8,11-12H,(H,9,10). The monoisotopic (exact) mass is 184 g/mol. The number of carbonyl (C=O) groups is 1. The minimum atomic E-state index is -1.89. The van der Waals surface area contributed by atoms with Crippen LogP contribution in [0, 0.1) is 0 Å². The Kier molecular flexibility index (Phi) is 2.84. The van der Waals surface area contributed by atoms with Crippen molar-refractivity contribution in [3.63, 3.8) is 0 Å². The molecule has 0 radical (unpaired) electrons. The van der Waals surface area contributed by atoms with Crippen molar-refractivity contribution < 1.29 is 24.9 Å². The smallest absolute Gasteiger partial charge is 0.335 e. The minimum absolute atomic E-state index is 0.111. The Morgan fingerprint density at radius 3 is 2.15 bits per heavy atom. The first-order valence-electron chi connectivity index (χ1n) is 3.46. The number of hydrogen-bond acceptors (Lipinski definition) is 4. The number of benzene rings is 1. The summed E-state index contributed by atoms with van der Waals surface area (Å²) in [5.41, 5.74) is 0.111. The molecule has 0 aliphatic rings. The molecular weight excluding hydrogens is 176 g/mol. The third-order valence-electron chi connectivity index (χ3n) is 1.34. The van der Waals surface area contributed by atoms with Crippen molar-refractivity contribution in [2.45, 2.75) is 6.48 Å². The van der Waals surface area contributed by atoms with Gasteiger partial charge < -0.3 is 20.1 Å². The van der Waals surface area contributed by atoms with Crippen LogP contribution in [0.4, 0.5) is 0 Å². The molecule has 1 aromatic rings. The first kappa shape index (κ1) is 9.50. The minimum Gasteiger partial charge on any atom is -0.478 e. The van der Waals surface area contributed by atoms with Gasteiger partial charge in [0, 0.05) is 0 Å². The van der Waals surface area contributed by atoms with Crippen molar-refractivity contribution >= 4 is 5.97 Å². The number of hydrogen-bond donors (Lipinski definition) is 3. The van der Waals surface area contributed by atoms with Crippen LogP contribution in [0.2, 0.25) is 0 Å². The van der Waals surface area contributed by atoms with Gasteiger partial charge in [-0.2, -0.15) is 0 Å². The van der Waals surface area contributed by atoms with Crippen molar-refractivity contribution in [1.82, 2.24) is 0 Å². The number of rotatable bonds is 3. The van der Waals surface area contributed by atoms with Gasteiger partial charge in [-0.25, -0.2) is 4.79 Å². The van der Waals surface area contributed by atoms with Crippen LogP contribution in [-0.2, 0) is 0 Å². The van der Waals surface area contributed by atoms with Crippen LogP contribution in [0.5, 0.6) is 5.75 Å². The van der Waals surface area contributed by atoms with E-state index in [-0.39, 0.29) is 11.3 Å². The van der Waals surface area contributed by atoms with E-state index < -0.39 is 12.4 Å². The molecule has 0 aliphatic carbocycles. The lowest BCUT2D eigenvalue weighted by Gasteiger charge is -2.06. The van der Waals surface area contributed by atoms with Crippen LogP contribution < -0.4 is 4.74 Å². The number of carboxylic acids is 1. The van der Waals surface area contributed by atoms with Crippen LogP contribution in [0.3, 0.4) is 0 Å². The molecule has 3 N–H and O–H groups in total. The average Bonchev–Trinajstić information content (AvgIpc) is 2.04. The van der Waals surface area contributed by atoms with Gasteiger partial charge in [-0.05, 0) is 24.3 Å². The zero-order chi connectivity index (χ0) is 9.84. The Labute approximate surface area is 73.8 Å². The predicted molar refractivity (Wildman–Crippen MR) is 42.3 cm³/mol. The first-order chi connectivity index (χ1) is 6.09. The van der Waals surface area contributed by atoms with Gasteiger partial charge in [0.1, 0.15) is 5.75 Å². The zero-order valence-corrected chi connectivity index (χ0v) is 6.54. The second kappa shape index (κ2) is 3.88. The van der Waals surface area contributed by atoms with Crippen molar-refractivity contribution in [2.24, 2.45) is 0 Å². The molecule has 0 bridgehead atoms. The van der Waals surface area contributed by atoms with Crippen molar-refractivity contribution in [3.8, 4) is 5.75 Å². The molecule has 0 saturated carbocycles. The quantitative estimate of drug-likeness (QED) is 0.577. The van der Waals surface area contributed by atoms with Gasteiger partial charge in [-0.15, -0.1) is 0 Å². The molecule has 1 aromatic carbocycles. The Morgan fingerprint density at radius 2 is 1.77 bits per heavy atom. The lowest BCUT2D eigenvalue weighted by molar-refractivity contribution is -0.179. The van der Waals surface area contributed by atoms with E-state index in [4.69, 9.17) is 15.3 Å². The third kappa shape index (κ3) is 2.73. The summed E-state index contributed by atoms with van der Waals surface area (Å²) in [5.74, 6) is -0.851. The predicted octanol–water partition coefficient (Wildman–Crippen LogP) is 0.0318. The highest BCUT2D eigenvalue weighted by Crippen LogP contribution is 2.12. The molecule has 0 spiro atoms. The molecule has 1 rings (SSSR count). The molecule has 0 aliphatic heterocycles. The molecule has 0 atom stereocenters. The molecule has 5 heteroatoms. The van der Waals surface area contributed by atoms with Gasteiger partial charge >= 0.3 is 12.4 Å². The second-order valence-electron chi connectivity index (χ2n) is 2.27. The maximum absolute atomic E-state index is 10.4. The fourth-order valence-electron chi connectivity index (χ4n) is 0.798. The fourth-order valence-corrected chi connectivity index (χ4v) is 0.798. The first-order valence-corrected chi connectivity index (χ1v) is 3.46. The molecule has 0 saturated heterocycles. The van der Waals surface area contributed by atoms with Crippen molar-refractivity contribution in [2.75, 3.05) is 0 Å². The van der Waals surface area contributed by atoms with Gasteiger partial charge in [0.2, 0.25) is 0 Å². The fraction of sp³-hybridized carbons (Fsp3) is 0.125. The molecule has 0 heterocycles. The highest BCUT2D eigenvalue weighted by atomic mass is 16.7. The van der Waals surface area contributed by atoms with E-state index in [2.05, 4.69) is 4.74 Å². The Balaban J connectivity index is 2.75. The van der Waals surface area contributed by atoms with Gasteiger partial charge in [0.25, 0.3) is 0 Å². The van der Waals surface area contributed by atoms with Gasteiger partial charge in [-0.1, -0.05) is 0 Å². The highest BCUT2D eigenvalue weighted by molar-refractivity contribution is 5.87. The molecule has 70 valence electrons. The molecule has 0 amide bonds. The summed E-state index contributed by atoms with van der Waals surface area (Å²) in [6.07, 6.45) is 0. The van der Waals surface area contributed by atoms with E-state index in [1.54, 1.807) is 0 Å². The summed E-state index contributed by atoms with van der Waals surface area (Å²) in [6, 6.07) is 5.28. The van der Waals surface area contributed by atoms with E-state index >= 15 is 0 Å². The van der Waals surface area contributed by atoms with Gasteiger partial charge in [0.15, 0.2) is 0 Å². The van der Waals surface area contributed by atoms with Gasteiger partial charge in [0.05, 0.1) is 5.56 Å². The van der Waals surface area contributed by atoms with Crippen LogP contribution in [0.25, 0.3) is 0 Å². The van der Waals surface area contributed by atoms with E-state index in [0.29, 0.717) is 0 Å². The molecular formula is C8H8O5. The Bertz CT molecular complexity index is 290. The largest absolute Gasteiger partial charge is 0.478 e. The summed E-state index contributed by atoms with van der Waals surface area (Å²) in [6.45, 7) is -1.89. The summed E-state index contributed by atoms with van der Waals surface area (Å²) in [7, 11) is 0. The summed E-state index contributed by atoms with van der Waals surface area (Å²) >= 11 is 0. The van der Waals surface area contributed by atoms with Crippen molar-refractivity contribution in [3.05, 3.63) is 29.8 Å². The summed E-state index contributed by atoms with van der Waals surface area (Å²) in [4.78, 5) is 10.4. The third-order valence-corrected chi connectivity index (χ3v) is 1.34. The van der Waals surface area contributed by atoms with Crippen molar-refractivity contribution in [1.29, 1.82) is 0 Å². The molecule has 13 heavy (non-hydrogen) atoms. The maximum Gasteiger partial charge on any atom is 0.335 e. The topological polar surface area (TPSA) is 87.0 Å². The number of aliphatic hydroxyl groups is 2. The molecule has 0 fully saturated rings. The number of ether oxygens (including phenoxy) is 1. The van der Waals surface area contributed by atoms with E-state index in [1.165, 1.54) is 24.3 Å². The number of aliphatic hydroxyl groups excluding tert-OH is 1. The number of carboxylic acid groups (broad SMARTS) is 1. The zero-order valence-electron chi connectivity index (χ0n) is 6.54. The highest BCUT2D eigenvalue weighted by Gasteiger charge is 2.03. The molecule has 5 nitrogen and oxygen atoms in total. The number of aromatic carboxylic acids is 1. The van der Waals surface area contributed by atoms with Crippen LogP contribution >= 0.6 is 0 Å². The summed E-state index contributed by atoms with van der Waals surface area (Å²) in [5, 5.41) is 25.3. The van der Waals surface area contributed by atoms with Crippen LogP contribution in [0.1, 0.15) is 10.4 Å². The second-order valence-corrected chi connectivity index (χ2v) is 2.27. The molecule has 0 unspecified atom stereocenters. The SMILES string of the molecule is O=C(O)c1ccc(OC(O)O)cc1. The van der Waals surface area contributed by atoms with Crippen LogP contribution in [-0.4, -0.2) is 27.8 Å². The van der Waals surface area contributed by atoms with E-state index in [0.717, 1.165) is 0 Å². The lowest BCUT2D eigenvalue weighted by atomic mass is 10.2. The van der Waals surface area contributed by atoms with E-state index in [1.807, 2.05) is 0 Å². The Hall–Kier alpha value is -1.59. The lowest BCUT2D eigenvalue weighted by Crippen LogP contribution is -2.13. The van der Waals surface area contributed by atoms with E-state index in [9.17, 15) is 4.79 Å². The van der Waals surface area contributed by atoms with Gasteiger partial charge in [-0.3, -0.25) is 0 Å². The Morgan fingerprint density at radius 1 is 1.23 bits per heavy atom. The average molecular weight is 184 g/mol.